The molecule has 24 heavy (non-hydrogen) atoms. The molecule has 0 fully saturated rings. The molecule has 132 valence electrons. The van der Waals surface area contributed by atoms with Crippen molar-refractivity contribution < 1.29 is 9.47 Å². The lowest BCUT2D eigenvalue weighted by molar-refractivity contribution is 0.282. The maximum Gasteiger partial charge on any atom is 0.175 e. The highest BCUT2D eigenvalue weighted by molar-refractivity contribution is 9.10. The van der Waals surface area contributed by atoms with Gasteiger partial charge in [0.1, 0.15) is 6.61 Å². The van der Waals surface area contributed by atoms with Crippen LogP contribution in [0.25, 0.3) is 0 Å². The molecular formula is C17H19BrCl3NO2. The Balaban J connectivity index is 0.00000288. The van der Waals surface area contributed by atoms with Crippen LogP contribution < -0.4 is 14.8 Å². The Morgan fingerprint density at radius 3 is 2.46 bits per heavy atom. The summed E-state index contributed by atoms with van der Waals surface area (Å²) >= 11 is 15.5. The second-order valence-corrected chi connectivity index (χ2v) is 6.60. The van der Waals surface area contributed by atoms with Crippen molar-refractivity contribution in [1.29, 1.82) is 0 Å². The van der Waals surface area contributed by atoms with E-state index in [0.29, 0.717) is 28.2 Å². The third kappa shape index (κ3) is 5.71. The average molecular weight is 456 g/mol. The average Bonchev–Trinajstić information content (AvgIpc) is 2.54. The normalized spacial score (nSPS) is 10.2. The molecule has 7 heteroatoms. The summed E-state index contributed by atoms with van der Waals surface area (Å²) in [6.07, 6.45) is 0. The topological polar surface area (TPSA) is 30.5 Å². The van der Waals surface area contributed by atoms with Gasteiger partial charge in [0.25, 0.3) is 0 Å². The van der Waals surface area contributed by atoms with E-state index in [2.05, 4.69) is 28.2 Å². The Labute approximate surface area is 167 Å². The molecule has 0 aliphatic heterocycles. The van der Waals surface area contributed by atoms with Gasteiger partial charge in [0.2, 0.25) is 0 Å². The van der Waals surface area contributed by atoms with Crippen LogP contribution in [0.15, 0.2) is 34.8 Å². The molecule has 0 spiro atoms. The molecule has 0 radical (unpaired) electrons. The van der Waals surface area contributed by atoms with Crippen LogP contribution in [0.3, 0.4) is 0 Å². The van der Waals surface area contributed by atoms with Crippen LogP contribution in [0.1, 0.15) is 18.1 Å². The van der Waals surface area contributed by atoms with Crippen LogP contribution in [0.5, 0.6) is 11.5 Å². The Hall–Kier alpha value is -0.650. The van der Waals surface area contributed by atoms with E-state index in [4.69, 9.17) is 32.7 Å². The number of hydrogen-bond donors (Lipinski definition) is 1. The molecule has 0 saturated heterocycles. The standard InChI is InChI=1S/C17H18BrCl2NO2.ClH/c1-3-21-9-12-6-13(18)17(16(8-12)22-2)23-10-11-4-5-14(19)15(20)7-11;/h4-8,21H,3,9-10H2,1-2H3;1H. The molecule has 2 aromatic carbocycles. The minimum atomic E-state index is 0. The summed E-state index contributed by atoms with van der Waals surface area (Å²) in [4.78, 5) is 0. The van der Waals surface area contributed by atoms with Gasteiger partial charge in [-0.1, -0.05) is 36.2 Å². The van der Waals surface area contributed by atoms with Gasteiger partial charge in [0, 0.05) is 6.54 Å². The Morgan fingerprint density at radius 1 is 1.08 bits per heavy atom. The van der Waals surface area contributed by atoms with E-state index in [0.717, 1.165) is 28.7 Å². The molecule has 0 bridgehead atoms. The Morgan fingerprint density at radius 2 is 1.83 bits per heavy atom. The van der Waals surface area contributed by atoms with Crippen molar-refractivity contribution in [2.45, 2.75) is 20.1 Å². The van der Waals surface area contributed by atoms with E-state index in [-0.39, 0.29) is 12.4 Å². The monoisotopic (exact) mass is 453 g/mol. The van der Waals surface area contributed by atoms with Gasteiger partial charge in [-0.2, -0.15) is 0 Å². The van der Waals surface area contributed by atoms with E-state index >= 15 is 0 Å². The zero-order valence-electron chi connectivity index (χ0n) is 13.4. The fourth-order valence-corrected chi connectivity index (χ4v) is 2.99. The number of halogens is 4. The van der Waals surface area contributed by atoms with E-state index in [9.17, 15) is 0 Å². The molecule has 3 nitrogen and oxygen atoms in total. The van der Waals surface area contributed by atoms with Crippen LogP contribution in [-0.2, 0) is 13.2 Å². The molecule has 0 unspecified atom stereocenters. The number of hydrogen-bond acceptors (Lipinski definition) is 3. The van der Waals surface area contributed by atoms with Gasteiger partial charge in [0.15, 0.2) is 11.5 Å². The lowest BCUT2D eigenvalue weighted by Crippen LogP contribution is -2.12. The van der Waals surface area contributed by atoms with E-state index < -0.39 is 0 Å². The third-order valence-corrected chi connectivity index (χ3v) is 4.56. The summed E-state index contributed by atoms with van der Waals surface area (Å²) in [6, 6.07) is 9.43. The quantitative estimate of drug-likeness (QED) is 0.566. The summed E-state index contributed by atoms with van der Waals surface area (Å²) in [5.74, 6) is 1.35. The summed E-state index contributed by atoms with van der Waals surface area (Å²) in [6.45, 7) is 4.13. The predicted molar refractivity (Wildman–Crippen MR) is 106 cm³/mol. The number of rotatable bonds is 7. The molecule has 0 aliphatic rings. The lowest BCUT2D eigenvalue weighted by atomic mass is 10.2. The predicted octanol–water partition coefficient (Wildman–Crippen LogP) is 5.87. The Kier molecular flexibility index (Phi) is 9.24. The largest absolute Gasteiger partial charge is 0.493 e. The third-order valence-electron chi connectivity index (χ3n) is 3.24. The van der Waals surface area contributed by atoms with Gasteiger partial charge in [-0.05, 0) is 57.9 Å². The van der Waals surface area contributed by atoms with Crippen LogP contribution in [-0.4, -0.2) is 13.7 Å². The van der Waals surface area contributed by atoms with Crippen molar-refractivity contribution in [1.82, 2.24) is 5.32 Å². The Bertz CT molecular complexity index is 683. The maximum atomic E-state index is 6.03. The van der Waals surface area contributed by atoms with Gasteiger partial charge >= 0.3 is 0 Å². The molecule has 2 rings (SSSR count). The van der Waals surface area contributed by atoms with Crippen molar-refractivity contribution in [2.24, 2.45) is 0 Å². The molecule has 2 aromatic rings. The van der Waals surface area contributed by atoms with Gasteiger partial charge in [0.05, 0.1) is 21.6 Å². The van der Waals surface area contributed by atoms with Crippen LogP contribution in [0, 0.1) is 0 Å². The first-order valence-electron chi connectivity index (χ1n) is 7.19. The first-order valence-corrected chi connectivity index (χ1v) is 8.74. The highest BCUT2D eigenvalue weighted by Crippen LogP contribution is 2.37. The molecular weight excluding hydrogens is 436 g/mol. The first-order chi connectivity index (χ1) is 11.0. The number of ether oxygens (including phenoxy) is 2. The fourth-order valence-electron chi connectivity index (χ4n) is 2.07. The highest BCUT2D eigenvalue weighted by atomic mass is 79.9. The fraction of sp³-hybridized carbons (Fsp3) is 0.294. The van der Waals surface area contributed by atoms with Crippen molar-refractivity contribution in [3.63, 3.8) is 0 Å². The number of benzene rings is 2. The summed E-state index contributed by atoms with van der Waals surface area (Å²) in [5, 5.41) is 4.33. The number of nitrogens with one attached hydrogen (secondary N) is 1. The summed E-state index contributed by atoms with van der Waals surface area (Å²) in [7, 11) is 1.63. The zero-order valence-corrected chi connectivity index (χ0v) is 17.3. The van der Waals surface area contributed by atoms with E-state index in [1.807, 2.05) is 18.2 Å². The van der Waals surface area contributed by atoms with Crippen molar-refractivity contribution >= 4 is 51.5 Å². The number of methoxy groups -OCH3 is 1. The second kappa shape index (κ2) is 10.4. The second-order valence-electron chi connectivity index (χ2n) is 4.93. The van der Waals surface area contributed by atoms with Gasteiger partial charge in [-0.3, -0.25) is 0 Å². The van der Waals surface area contributed by atoms with E-state index in [1.54, 1.807) is 19.2 Å². The summed E-state index contributed by atoms with van der Waals surface area (Å²) < 4.78 is 12.2. The molecule has 0 heterocycles. The molecule has 0 aliphatic carbocycles. The minimum absolute atomic E-state index is 0. The molecule has 1 N–H and O–H groups in total. The van der Waals surface area contributed by atoms with Crippen LogP contribution in [0.4, 0.5) is 0 Å². The first kappa shape index (κ1) is 21.4. The SMILES string of the molecule is CCNCc1cc(Br)c(OCc2ccc(Cl)c(Cl)c2)c(OC)c1.Cl. The molecule has 0 aromatic heterocycles. The van der Waals surface area contributed by atoms with Gasteiger partial charge < -0.3 is 14.8 Å². The highest BCUT2D eigenvalue weighted by Gasteiger charge is 2.12. The van der Waals surface area contributed by atoms with Crippen molar-refractivity contribution in [3.8, 4) is 11.5 Å². The summed E-state index contributed by atoms with van der Waals surface area (Å²) in [5.41, 5.74) is 2.06. The zero-order chi connectivity index (χ0) is 16.8. The molecule has 0 saturated carbocycles. The minimum Gasteiger partial charge on any atom is -0.493 e. The van der Waals surface area contributed by atoms with Gasteiger partial charge in [-0.15, -0.1) is 12.4 Å². The molecule has 0 amide bonds. The van der Waals surface area contributed by atoms with Crippen LogP contribution >= 0.6 is 51.5 Å². The van der Waals surface area contributed by atoms with Crippen molar-refractivity contribution in [2.75, 3.05) is 13.7 Å². The lowest BCUT2D eigenvalue weighted by Gasteiger charge is -2.15. The van der Waals surface area contributed by atoms with Gasteiger partial charge in [-0.25, -0.2) is 0 Å². The van der Waals surface area contributed by atoms with E-state index in [1.165, 1.54) is 0 Å². The smallest absolute Gasteiger partial charge is 0.175 e. The maximum absolute atomic E-state index is 6.03. The van der Waals surface area contributed by atoms with Crippen molar-refractivity contribution in [3.05, 3.63) is 56.0 Å². The molecule has 0 atom stereocenters. The van der Waals surface area contributed by atoms with Crippen LogP contribution in [0.2, 0.25) is 10.0 Å².